The van der Waals surface area contributed by atoms with Gasteiger partial charge in [-0.1, -0.05) is 18.2 Å². The van der Waals surface area contributed by atoms with E-state index in [0.717, 1.165) is 25.0 Å². The quantitative estimate of drug-likeness (QED) is 0.723. The van der Waals surface area contributed by atoms with Gasteiger partial charge in [0.1, 0.15) is 0 Å². The topological polar surface area (TPSA) is 37.8 Å². The van der Waals surface area contributed by atoms with Crippen LogP contribution in [0.3, 0.4) is 0 Å². The molecule has 0 saturated carbocycles. The molecular weight excluding hydrogens is 254 g/mol. The zero-order chi connectivity index (χ0) is 12.9. The van der Waals surface area contributed by atoms with Gasteiger partial charge in [0.2, 0.25) is 0 Å². The smallest absolute Gasteiger partial charge is 0.0951 e. The molecule has 0 spiro atoms. The molecule has 2 heterocycles. The van der Waals surface area contributed by atoms with Crippen molar-refractivity contribution in [1.29, 1.82) is 0 Å². The summed E-state index contributed by atoms with van der Waals surface area (Å²) in [5.74, 6) is 0. The van der Waals surface area contributed by atoms with Crippen LogP contribution in [0.2, 0.25) is 0 Å². The summed E-state index contributed by atoms with van der Waals surface area (Å²) < 4.78 is 1.27. The van der Waals surface area contributed by atoms with Gasteiger partial charge in [-0.3, -0.25) is 4.98 Å². The molecule has 3 aromatic rings. The average Bonchev–Trinajstić information content (AvgIpc) is 2.87. The molecule has 0 aliphatic heterocycles. The molecule has 4 heteroatoms. The standard InChI is InChI=1S/C15H15N3S/c1-2-6-14-13(5-1)18-15(19-14)7-9-17-11-12-4-3-8-16-10-12/h1-6,8,10,17H,7,9,11H2. The highest BCUT2D eigenvalue weighted by molar-refractivity contribution is 7.18. The highest BCUT2D eigenvalue weighted by Gasteiger charge is 2.02. The Labute approximate surface area is 116 Å². The van der Waals surface area contributed by atoms with E-state index in [9.17, 15) is 0 Å². The zero-order valence-corrected chi connectivity index (χ0v) is 11.4. The summed E-state index contributed by atoms with van der Waals surface area (Å²) in [5.41, 5.74) is 2.32. The molecule has 96 valence electrons. The van der Waals surface area contributed by atoms with Crippen molar-refractivity contribution in [2.24, 2.45) is 0 Å². The number of benzene rings is 1. The first kappa shape index (κ1) is 12.3. The Morgan fingerprint density at radius 3 is 2.89 bits per heavy atom. The normalized spacial score (nSPS) is 10.9. The van der Waals surface area contributed by atoms with E-state index >= 15 is 0 Å². The van der Waals surface area contributed by atoms with Gasteiger partial charge in [-0.15, -0.1) is 11.3 Å². The molecule has 2 aromatic heterocycles. The lowest BCUT2D eigenvalue weighted by atomic mass is 10.3. The molecule has 1 N–H and O–H groups in total. The van der Waals surface area contributed by atoms with Crippen molar-refractivity contribution in [2.75, 3.05) is 6.54 Å². The number of pyridine rings is 1. The van der Waals surface area contributed by atoms with E-state index < -0.39 is 0 Å². The van der Waals surface area contributed by atoms with E-state index in [4.69, 9.17) is 0 Å². The summed E-state index contributed by atoms with van der Waals surface area (Å²) in [6, 6.07) is 12.3. The van der Waals surface area contributed by atoms with E-state index in [-0.39, 0.29) is 0 Å². The Hall–Kier alpha value is -1.78. The van der Waals surface area contributed by atoms with Crippen LogP contribution < -0.4 is 5.32 Å². The van der Waals surface area contributed by atoms with Crippen molar-refractivity contribution in [2.45, 2.75) is 13.0 Å². The molecule has 0 fully saturated rings. The molecule has 0 aliphatic rings. The molecule has 0 bridgehead atoms. The molecule has 0 radical (unpaired) electrons. The maximum atomic E-state index is 4.62. The van der Waals surface area contributed by atoms with Crippen molar-refractivity contribution >= 4 is 21.6 Å². The SMILES string of the molecule is c1cncc(CNCCc2nc3ccccc3s2)c1. The summed E-state index contributed by atoms with van der Waals surface area (Å²) in [6.07, 6.45) is 4.66. The molecule has 3 rings (SSSR count). The second kappa shape index (κ2) is 5.91. The van der Waals surface area contributed by atoms with Gasteiger partial charge in [0.25, 0.3) is 0 Å². The lowest BCUT2D eigenvalue weighted by Gasteiger charge is -2.02. The lowest BCUT2D eigenvalue weighted by molar-refractivity contribution is 0.684. The average molecular weight is 269 g/mol. The summed E-state index contributed by atoms with van der Waals surface area (Å²) >= 11 is 1.78. The van der Waals surface area contributed by atoms with Crippen molar-refractivity contribution in [3.05, 3.63) is 59.4 Å². The summed E-state index contributed by atoms with van der Waals surface area (Å²) in [7, 11) is 0. The third kappa shape index (κ3) is 3.16. The van der Waals surface area contributed by atoms with Gasteiger partial charge in [0, 0.05) is 31.9 Å². The Bertz CT molecular complexity index is 616. The van der Waals surface area contributed by atoms with Crippen LogP contribution in [0.5, 0.6) is 0 Å². The highest BCUT2D eigenvalue weighted by Crippen LogP contribution is 2.21. The third-order valence-corrected chi connectivity index (χ3v) is 4.00. The Kier molecular flexibility index (Phi) is 3.81. The maximum absolute atomic E-state index is 4.62. The first-order chi connectivity index (χ1) is 9.42. The first-order valence-corrected chi connectivity index (χ1v) is 7.17. The number of fused-ring (bicyclic) bond motifs is 1. The van der Waals surface area contributed by atoms with E-state index in [1.165, 1.54) is 15.3 Å². The summed E-state index contributed by atoms with van der Waals surface area (Å²) in [6.45, 7) is 1.80. The van der Waals surface area contributed by atoms with Crippen LogP contribution in [-0.4, -0.2) is 16.5 Å². The predicted molar refractivity (Wildman–Crippen MR) is 79.3 cm³/mol. The number of thiazole rings is 1. The van der Waals surface area contributed by atoms with E-state index in [1.54, 1.807) is 17.5 Å². The molecule has 19 heavy (non-hydrogen) atoms. The van der Waals surface area contributed by atoms with Crippen LogP contribution in [0, 0.1) is 0 Å². The Balaban J connectivity index is 1.52. The number of rotatable bonds is 5. The van der Waals surface area contributed by atoms with E-state index in [1.807, 2.05) is 18.3 Å². The van der Waals surface area contributed by atoms with Crippen molar-refractivity contribution in [1.82, 2.24) is 15.3 Å². The van der Waals surface area contributed by atoms with Crippen molar-refractivity contribution in [3.63, 3.8) is 0 Å². The van der Waals surface area contributed by atoms with Crippen molar-refractivity contribution in [3.8, 4) is 0 Å². The molecular formula is C15H15N3S. The zero-order valence-electron chi connectivity index (χ0n) is 10.5. The number of aromatic nitrogens is 2. The van der Waals surface area contributed by atoms with Gasteiger partial charge in [-0.2, -0.15) is 0 Å². The number of hydrogen-bond acceptors (Lipinski definition) is 4. The fourth-order valence-electron chi connectivity index (χ4n) is 1.96. The second-order valence-electron chi connectivity index (χ2n) is 4.36. The van der Waals surface area contributed by atoms with Gasteiger partial charge >= 0.3 is 0 Å². The van der Waals surface area contributed by atoms with Gasteiger partial charge in [-0.25, -0.2) is 4.98 Å². The first-order valence-electron chi connectivity index (χ1n) is 6.36. The molecule has 0 saturated heterocycles. The lowest BCUT2D eigenvalue weighted by Crippen LogP contribution is -2.16. The fraction of sp³-hybridized carbons (Fsp3) is 0.200. The number of nitrogens with one attached hydrogen (secondary N) is 1. The van der Waals surface area contributed by atoms with Crippen LogP contribution in [0.1, 0.15) is 10.6 Å². The molecule has 0 amide bonds. The monoisotopic (exact) mass is 269 g/mol. The Morgan fingerprint density at radius 1 is 1.11 bits per heavy atom. The fourth-order valence-corrected chi connectivity index (χ4v) is 2.92. The van der Waals surface area contributed by atoms with Gasteiger partial charge in [-0.05, 0) is 23.8 Å². The van der Waals surface area contributed by atoms with Crippen LogP contribution >= 0.6 is 11.3 Å². The minimum absolute atomic E-state index is 0.860. The van der Waals surface area contributed by atoms with Gasteiger partial charge in [0.15, 0.2) is 0 Å². The van der Waals surface area contributed by atoms with E-state index in [2.05, 4.69) is 39.6 Å². The predicted octanol–water partition coefficient (Wildman–Crippen LogP) is 3.02. The van der Waals surface area contributed by atoms with Gasteiger partial charge in [0.05, 0.1) is 15.2 Å². The van der Waals surface area contributed by atoms with E-state index in [0.29, 0.717) is 0 Å². The van der Waals surface area contributed by atoms with Crippen LogP contribution in [0.25, 0.3) is 10.2 Å². The largest absolute Gasteiger partial charge is 0.312 e. The highest BCUT2D eigenvalue weighted by atomic mass is 32.1. The minimum atomic E-state index is 0.860. The Morgan fingerprint density at radius 2 is 2.05 bits per heavy atom. The molecule has 3 nitrogen and oxygen atoms in total. The van der Waals surface area contributed by atoms with Crippen LogP contribution in [0.4, 0.5) is 0 Å². The molecule has 0 atom stereocenters. The van der Waals surface area contributed by atoms with Gasteiger partial charge < -0.3 is 5.32 Å². The van der Waals surface area contributed by atoms with Crippen molar-refractivity contribution < 1.29 is 0 Å². The van der Waals surface area contributed by atoms with Crippen LogP contribution in [-0.2, 0) is 13.0 Å². The number of hydrogen-bond donors (Lipinski definition) is 1. The van der Waals surface area contributed by atoms with Crippen LogP contribution in [0.15, 0.2) is 48.8 Å². The molecule has 1 aromatic carbocycles. The summed E-state index contributed by atoms with van der Waals surface area (Å²) in [4.78, 5) is 8.72. The minimum Gasteiger partial charge on any atom is -0.312 e. The third-order valence-electron chi connectivity index (χ3n) is 2.91. The number of nitrogens with zero attached hydrogens (tertiary/aromatic N) is 2. The second-order valence-corrected chi connectivity index (χ2v) is 5.48. The molecule has 0 unspecified atom stereocenters. The summed E-state index contributed by atoms with van der Waals surface area (Å²) in [5, 5.41) is 4.62. The number of para-hydroxylation sites is 1. The molecule has 0 aliphatic carbocycles. The maximum Gasteiger partial charge on any atom is 0.0951 e.